The summed E-state index contributed by atoms with van der Waals surface area (Å²) in [5, 5.41) is 14.6. The zero-order valence-electron chi connectivity index (χ0n) is 34.1. The maximum absolute atomic E-state index is 15.9. The number of imide groups is 1. The van der Waals surface area contributed by atoms with Gasteiger partial charge in [-0.05, 0) is 82.3 Å². The molecule has 3 fully saturated rings. The van der Waals surface area contributed by atoms with E-state index >= 15 is 4.39 Å². The summed E-state index contributed by atoms with van der Waals surface area (Å²) < 4.78 is 24.8. The highest BCUT2D eigenvalue weighted by Crippen LogP contribution is 2.36. The van der Waals surface area contributed by atoms with Crippen LogP contribution < -0.4 is 31.1 Å². The topological polar surface area (TPSA) is 181 Å². The van der Waals surface area contributed by atoms with Gasteiger partial charge in [0.1, 0.15) is 16.8 Å². The average molecular weight is 842 g/mol. The third-order valence-electron chi connectivity index (χ3n) is 12.0. The second-order valence-corrected chi connectivity index (χ2v) is 16.6. The lowest BCUT2D eigenvalue weighted by molar-refractivity contribution is -0.134. The molecule has 4 aromatic heterocycles. The van der Waals surface area contributed by atoms with Crippen LogP contribution in [0.25, 0.3) is 21.9 Å². The molecule has 3 aliphatic heterocycles. The molecule has 3 saturated heterocycles. The van der Waals surface area contributed by atoms with Gasteiger partial charge in [0, 0.05) is 56.3 Å². The minimum atomic E-state index is -1.07. The van der Waals surface area contributed by atoms with Crippen molar-refractivity contribution in [3.8, 4) is 5.75 Å². The lowest BCUT2D eigenvalue weighted by Gasteiger charge is -2.39. The maximum atomic E-state index is 15.9. The number of carbonyl (C=O) groups excluding carboxylic acids is 3. The van der Waals surface area contributed by atoms with Crippen LogP contribution in [0.3, 0.4) is 0 Å². The van der Waals surface area contributed by atoms with E-state index in [-0.39, 0.29) is 53.6 Å². The SMILES string of the molecule is CNC(=O)COc1cc2cc(Nc3nc(N4CC[C@H](CN5CCC(c6ccc7c(C8CCC(=O)NC8=O)nn(C)c7c6)CC5)[C@H](F)C4)ncc3Cl)cnc2n(C(C)C)c1=O. The van der Waals surface area contributed by atoms with Crippen LogP contribution in [0, 0.1) is 5.92 Å². The number of hydrogen-bond acceptors (Lipinski definition) is 12. The van der Waals surface area contributed by atoms with Crippen molar-refractivity contribution in [3.63, 3.8) is 0 Å². The second kappa shape index (κ2) is 17.1. The standard InChI is InChI=1S/C42H49ClFN11O5/c1-23(2)55-39-27(17-34(41(55)59)60-22-36(57)45-3)15-28(18-46-39)48-38-31(43)19-47-42(50-38)54-14-11-26(32(44)21-54)20-53-12-9-24(10-13-53)25-5-6-29-33(16-25)52(4)51-37(29)30-7-8-35(56)49-40(30)58/h5-6,15-19,23-24,26,30,32H,7-14,20-22H2,1-4H3,(H,45,57)(H,47,48,50)(H,49,56,58)/t26-,30?,32-/m1/s1. The monoisotopic (exact) mass is 841 g/mol. The van der Waals surface area contributed by atoms with E-state index in [1.807, 2.05) is 30.5 Å². The van der Waals surface area contributed by atoms with Gasteiger partial charge in [0.2, 0.25) is 17.8 Å². The van der Waals surface area contributed by atoms with Gasteiger partial charge < -0.3 is 25.2 Å². The maximum Gasteiger partial charge on any atom is 0.294 e. The number of rotatable bonds is 11. The van der Waals surface area contributed by atoms with Gasteiger partial charge in [0.25, 0.3) is 11.5 Å². The van der Waals surface area contributed by atoms with Crippen LogP contribution in [0.1, 0.15) is 75.1 Å². The number of likely N-dealkylation sites (tertiary alicyclic amines) is 1. The van der Waals surface area contributed by atoms with E-state index in [0.29, 0.717) is 72.5 Å². The number of pyridine rings is 2. The molecule has 316 valence electrons. The Labute approximate surface area is 350 Å². The number of halogens is 2. The third kappa shape index (κ3) is 8.37. The van der Waals surface area contributed by atoms with Crippen LogP contribution in [-0.4, -0.2) is 104 Å². The van der Waals surface area contributed by atoms with Crippen molar-refractivity contribution in [2.24, 2.45) is 13.0 Å². The Kier molecular flexibility index (Phi) is 11.7. The summed E-state index contributed by atoms with van der Waals surface area (Å²) in [4.78, 5) is 67.2. The van der Waals surface area contributed by atoms with Crippen molar-refractivity contribution in [2.75, 3.05) is 56.6 Å². The van der Waals surface area contributed by atoms with Crippen LogP contribution in [0.5, 0.6) is 5.75 Å². The number of nitrogens with one attached hydrogen (secondary N) is 3. The van der Waals surface area contributed by atoms with E-state index < -0.39 is 17.6 Å². The lowest BCUT2D eigenvalue weighted by atomic mass is 9.87. The summed E-state index contributed by atoms with van der Waals surface area (Å²) in [5.74, 6) is -0.352. The van der Waals surface area contributed by atoms with E-state index in [1.54, 1.807) is 18.3 Å². The fraction of sp³-hybridized carbons (Fsp3) is 0.476. The molecule has 3 N–H and O–H groups in total. The largest absolute Gasteiger partial charge is 0.478 e. The predicted octanol–water partition coefficient (Wildman–Crippen LogP) is 4.74. The number of anilines is 3. The highest BCUT2D eigenvalue weighted by atomic mass is 35.5. The first-order chi connectivity index (χ1) is 28.9. The zero-order chi connectivity index (χ0) is 42.2. The summed E-state index contributed by atoms with van der Waals surface area (Å²) >= 11 is 6.55. The number of benzene rings is 1. The molecule has 3 aliphatic rings. The molecule has 0 saturated carbocycles. The first-order valence-corrected chi connectivity index (χ1v) is 20.8. The Morgan fingerprint density at radius 2 is 1.85 bits per heavy atom. The number of aromatic nitrogens is 6. The summed E-state index contributed by atoms with van der Waals surface area (Å²) in [6.45, 7) is 6.62. The number of ether oxygens (including phenoxy) is 1. The normalized spacial score (nSPS) is 20.5. The van der Waals surface area contributed by atoms with Gasteiger partial charge in [0.15, 0.2) is 18.2 Å². The Bertz CT molecular complexity index is 2520. The fourth-order valence-electron chi connectivity index (χ4n) is 8.69. The number of amides is 3. The molecule has 1 aromatic carbocycles. The minimum absolute atomic E-state index is 0.0262. The van der Waals surface area contributed by atoms with Crippen LogP contribution in [0.4, 0.5) is 21.8 Å². The molecule has 0 radical (unpaired) electrons. The lowest BCUT2D eigenvalue weighted by Crippen LogP contribution is -2.47. The Balaban J connectivity index is 0.879. The number of carbonyl (C=O) groups is 3. The van der Waals surface area contributed by atoms with Crippen LogP contribution in [0.15, 0.2) is 47.5 Å². The van der Waals surface area contributed by atoms with Crippen molar-refractivity contribution >= 4 is 68.7 Å². The molecule has 8 rings (SSSR count). The number of nitrogens with zero attached hydrogens (tertiary/aromatic N) is 8. The summed E-state index contributed by atoms with van der Waals surface area (Å²) in [6, 6.07) is 9.50. The quantitative estimate of drug-likeness (QED) is 0.156. The number of piperidine rings is 3. The molecule has 18 heteroatoms. The van der Waals surface area contributed by atoms with Gasteiger partial charge in [-0.1, -0.05) is 23.7 Å². The van der Waals surface area contributed by atoms with Gasteiger partial charge >= 0.3 is 0 Å². The van der Waals surface area contributed by atoms with Gasteiger partial charge in [-0.2, -0.15) is 10.1 Å². The Morgan fingerprint density at radius 3 is 2.58 bits per heavy atom. The number of aryl methyl sites for hydroxylation is 1. The first kappa shape index (κ1) is 41.1. The van der Waals surface area contributed by atoms with Gasteiger partial charge in [-0.25, -0.2) is 14.4 Å². The van der Waals surface area contributed by atoms with Gasteiger partial charge in [0.05, 0.1) is 41.8 Å². The van der Waals surface area contributed by atoms with Crippen molar-refractivity contribution in [2.45, 2.75) is 70.0 Å². The molecule has 3 amide bonds. The molecule has 60 heavy (non-hydrogen) atoms. The van der Waals surface area contributed by atoms with Crippen LogP contribution in [-0.2, 0) is 21.4 Å². The third-order valence-corrected chi connectivity index (χ3v) is 12.2. The first-order valence-electron chi connectivity index (χ1n) is 20.5. The van der Waals surface area contributed by atoms with E-state index in [1.165, 1.54) is 23.4 Å². The fourth-order valence-corrected chi connectivity index (χ4v) is 8.83. The average Bonchev–Trinajstić information content (AvgIpc) is 3.56. The smallest absolute Gasteiger partial charge is 0.294 e. The second-order valence-electron chi connectivity index (χ2n) is 16.2. The molecular weight excluding hydrogens is 793 g/mol. The number of alkyl halides is 1. The van der Waals surface area contributed by atoms with E-state index in [0.717, 1.165) is 36.8 Å². The zero-order valence-corrected chi connectivity index (χ0v) is 34.8. The molecule has 3 atom stereocenters. The number of hydrogen-bond donors (Lipinski definition) is 3. The van der Waals surface area contributed by atoms with Crippen LogP contribution >= 0.6 is 11.6 Å². The molecular formula is C42H49ClFN11O5. The highest BCUT2D eigenvalue weighted by Gasteiger charge is 2.34. The van der Waals surface area contributed by atoms with E-state index in [9.17, 15) is 19.2 Å². The number of fused-ring (bicyclic) bond motifs is 2. The van der Waals surface area contributed by atoms with Gasteiger partial charge in [-0.15, -0.1) is 0 Å². The molecule has 16 nitrogen and oxygen atoms in total. The summed E-state index contributed by atoms with van der Waals surface area (Å²) in [6.07, 6.45) is 5.35. The van der Waals surface area contributed by atoms with Crippen molar-refractivity contribution in [1.29, 1.82) is 0 Å². The minimum Gasteiger partial charge on any atom is -0.478 e. The van der Waals surface area contributed by atoms with Crippen LogP contribution in [0.2, 0.25) is 5.02 Å². The van der Waals surface area contributed by atoms with E-state index in [4.69, 9.17) is 21.4 Å². The predicted molar refractivity (Wildman–Crippen MR) is 226 cm³/mol. The summed E-state index contributed by atoms with van der Waals surface area (Å²) in [5.41, 5.74) is 3.53. The molecule has 7 heterocycles. The Hall–Kier alpha value is -5.68. The van der Waals surface area contributed by atoms with Crippen molar-refractivity contribution < 1.29 is 23.5 Å². The number of likely N-dealkylation sites (N-methyl/N-ethyl adjacent to an activating group) is 1. The molecule has 0 aliphatic carbocycles. The highest BCUT2D eigenvalue weighted by molar-refractivity contribution is 6.33. The van der Waals surface area contributed by atoms with Crippen molar-refractivity contribution in [3.05, 3.63) is 69.4 Å². The van der Waals surface area contributed by atoms with E-state index in [2.05, 4.69) is 54.0 Å². The Morgan fingerprint density at radius 1 is 1.05 bits per heavy atom. The molecule has 0 spiro atoms. The molecule has 1 unspecified atom stereocenters. The molecule has 5 aromatic rings. The van der Waals surface area contributed by atoms with Gasteiger partial charge in [-0.3, -0.25) is 33.7 Å². The molecule has 0 bridgehead atoms. The summed E-state index contributed by atoms with van der Waals surface area (Å²) in [7, 11) is 3.38. The van der Waals surface area contributed by atoms with Crippen molar-refractivity contribution in [1.82, 2.24) is 44.8 Å².